The van der Waals surface area contributed by atoms with Crippen LogP contribution in [0.15, 0.2) is 106 Å². The number of fused-ring (bicyclic) bond motifs is 3. The third-order valence-electron chi connectivity index (χ3n) is 11.0. The van der Waals surface area contributed by atoms with Gasteiger partial charge in [-0.05, 0) is 0 Å². The summed E-state index contributed by atoms with van der Waals surface area (Å²) in [6.45, 7) is 21.9. The molecule has 6 rings (SSSR count). The average molecular weight is 891 g/mol. The smallest absolute Gasteiger partial charge is 1.00 e. The molecule has 0 nitrogen and oxygen atoms in total. The zero-order valence-electron chi connectivity index (χ0n) is 33.6. The van der Waals surface area contributed by atoms with Crippen LogP contribution in [0, 0.1) is 11.3 Å². The summed E-state index contributed by atoms with van der Waals surface area (Å²) in [4.78, 5) is 0. The van der Waals surface area contributed by atoms with Gasteiger partial charge in [0.05, 0.1) is 0 Å². The van der Waals surface area contributed by atoms with Crippen LogP contribution in [0.25, 0.3) is 11.1 Å². The Morgan fingerprint density at radius 1 is 0.536 bits per heavy atom. The van der Waals surface area contributed by atoms with Crippen molar-refractivity contribution in [2.24, 2.45) is 11.3 Å². The summed E-state index contributed by atoms with van der Waals surface area (Å²) in [5, 5.41) is 0. The third kappa shape index (κ3) is 9.11. The second-order valence-electron chi connectivity index (χ2n) is 18.0. The standard InChI is InChI=1S/C21H25.C15H8F6.C11H17.2ClH.Zr/c1-20(2,3)16-9-7-14-11-15-8-10-17(21(4,5)6)13-19(15)18(14)12-16;16-14(17,18)12-5-1-10(2-6-12)9-11-3-7-13(8-4-11)15(19,20)21;1-5-9-6-7-10(8-9)11(2,3)4;;;/h7-13H,1-6H3;1-8H;7-9H,5H2,1-4H3;2*1H;/q;;;;;+2/p-2. The summed E-state index contributed by atoms with van der Waals surface area (Å²) in [6.07, 6.45) is -3.52. The van der Waals surface area contributed by atoms with Gasteiger partial charge in [0.1, 0.15) is 0 Å². The van der Waals surface area contributed by atoms with E-state index in [4.69, 9.17) is 0 Å². The van der Waals surface area contributed by atoms with Crippen LogP contribution < -0.4 is 24.8 Å². The Bertz CT molecular complexity index is 2040. The Labute approximate surface area is 348 Å². The quantitative estimate of drug-likeness (QED) is 0.178. The molecule has 0 spiro atoms. The normalized spacial score (nSPS) is 15.8. The summed E-state index contributed by atoms with van der Waals surface area (Å²) in [5.74, 6) is 0.0997. The van der Waals surface area contributed by atoms with Crippen molar-refractivity contribution in [1.82, 2.24) is 0 Å². The van der Waals surface area contributed by atoms with Crippen molar-refractivity contribution in [1.29, 1.82) is 0 Å². The predicted octanol–water partition coefficient (Wildman–Crippen LogP) is 8.18. The molecule has 0 fully saturated rings. The molecule has 1 unspecified atom stereocenters. The van der Waals surface area contributed by atoms with Gasteiger partial charge in [0.25, 0.3) is 0 Å². The molecular formula is C47H50Cl2F6Zr. The van der Waals surface area contributed by atoms with E-state index in [1.54, 1.807) is 0 Å². The minimum atomic E-state index is -4.53. The molecule has 2 aliphatic carbocycles. The predicted molar refractivity (Wildman–Crippen MR) is 207 cm³/mol. The van der Waals surface area contributed by atoms with Gasteiger partial charge >= 0.3 is 326 Å². The second-order valence-corrected chi connectivity index (χ2v) is 24.1. The maximum atomic E-state index is 13.9. The molecule has 4 aromatic carbocycles. The van der Waals surface area contributed by atoms with Crippen LogP contribution >= 0.6 is 0 Å². The summed E-state index contributed by atoms with van der Waals surface area (Å²) in [7, 11) is 0. The SMILES string of the molecule is CCC1C=C(C(C)(C)C)C=[C]1[Zr+2](=[C](c1ccc(C(F)(F)F)cc1)c1ccc(C(F)(F)F)cc1)[CH]1c2ccc(C(C)(C)C)cc2-c2cc(C(C)(C)C)ccc21.[Cl-].[Cl-]. The Hall–Kier alpha value is -2.73. The first-order valence-corrected chi connectivity index (χ1v) is 22.6. The van der Waals surface area contributed by atoms with Crippen molar-refractivity contribution in [2.75, 3.05) is 0 Å². The molecule has 9 heteroatoms. The zero-order chi connectivity index (χ0) is 39.8. The van der Waals surface area contributed by atoms with Gasteiger partial charge in [0, 0.05) is 0 Å². The third-order valence-corrected chi connectivity index (χ3v) is 19.5. The van der Waals surface area contributed by atoms with Crippen LogP contribution in [-0.2, 0) is 44.4 Å². The van der Waals surface area contributed by atoms with E-state index in [9.17, 15) is 26.3 Å². The molecule has 56 heavy (non-hydrogen) atoms. The molecule has 0 N–H and O–H groups in total. The van der Waals surface area contributed by atoms with Crippen molar-refractivity contribution >= 4 is 3.21 Å². The van der Waals surface area contributed by atoms with Gasteiger partial charge in [-0.3, -0.25) is 0 Å². The molecule has 4 aromatic rings. The van der Waals surface area contributed by atoms with E-state index in [0.29, 0.717) is 11.1 Å². The second kappa shape index (κ2) is 16.1. The molecule has 298 valence electrons. The van der Waals surface area contributed by atoms with Crippen LogP contribution in [0.4, 0.5) is 26.3 Å². The molecule has 0 aromatic heterocycles. The van der Waals surface area contributed by atoms with Crippen molar-refractivity contribution in [3.63, 3.8) is 0 Å². The van der Waals surface area contributed by atoms with Crippen molar-refractivity contribution < 1.29 is 72.4 Å². The molecule has 0 saturated heterocycles. The molecular weight excluding hydrogens is 841 g/mol. The van der Waals surface area contributed by atoms with Crippen molar-refractivity contribution in [2.45, 2.75) is 102 Å². The molecule has 2 aliphatic rings. The van der Waals surface area contributed by atoms with Crippen molar-refractivity contribution in [3.05, 3.63) is 150 Å². The fraction of sp³-hybridized carbons (Fsp3) is 0.383. The maximum absolute atomic E-state index is 13.9. The van der Waals surface area contributed by atoms with E-state index < -0.39 is 44.7 Å². The van der Waals surface area contributed by atoms with Gasteiger partial charge in [0.15, 0.2) is 0 Å². The Morgan fingerprint density at radius 2 is 0.911 bits per heavy atom. The molecule has 0 radical (unpaired) electrons. The van der Waals surface area contributed by atoms with E-state index in [-0.39, 0.29) is 50.6 Å². The summed E-state index contributed by atoms with van der Waals surface area (Å²) < 4.78 is 85.8. The number of rotatable bonds is 5. The first-order valence-electron chi connectivity index (χ1n) is 18.7. The number of benzene rings is 4. The number of hydrogen-bond acceptors (Lipinski definition) is 0. The van der Waals surface area contributed by atoms with Gasteiger partial charge in [-0.25, -0.2) is 0 Å². The molecule has 0 amide bonds. The fourth-order valence-corrected chi connectivity index (χ4v) is 17.6. The molecule has 0 saturated carbocycles. The molecule has 0 aliphatic heterocycles. The van der Waals surface area contributed by atoms with Crippen LogP contribution in [0.3, 0.4) is 0 Å². The van der Waals surface area contributed by atoms with Gasteiger partial charge in [-0.15, -0.1) is 0 Å². The molecule has 0 bridgehead atoms. The Balaban J connectivity index is 0.00000348. The molecule has 0 heterocycles. The Kier molecular flexibility index (Phi) is 13.2. The van der Waals surface area contributed by atoms with Crippen LogP contribution in [0.2, 0.25) is 0 Å². The van der Waals surface area contributed by atoms with Crippen LogP contribution in [0.1, 0.15) is 124 Å². The maximum Gasteiger partial charge on any atom is -1.00 e. The summed E-state index contributed by atoms with van der Waals surface area (Å²) in [5.41, 5.74) is 7.71. The van der Waals surface area contributed by atoms with Gasteiger partial charge in [-0.2, -0.15) is 0 Å². The van der Waals surface area contributed by atoms with E-state index in [2.05, 4.69) is 118 Å². The minimum Gasteiger partial charge on any atom is -1.00 e. The number of halogens is 8. The largest absolute Gasteiger partial charge is 1.00 e. The van der Waals surface area contributed by atoms with Gasteiger partial charge in [-0.1, -0.05) is 0 Å². The first-order chi connectivity index (χ1) is 24.9. The van der Waals surface area contributed by atoms with Crippen LogP contribution in [0.5, 0.6) is 0 Å². The number of alkyl halides is 6. The Morgan fingerprint density at radius 3 is 1.23 bits per heavy atom. The van der Waals surface area contributed by atoms with E-state index >= 15 is 0 Å². The van der Waals surface area contributed by atoms with E-state index in [1.807, 2.05) is 0 Å². The van der Waals surface area contributed by atoms with Crippen LogP contribution in [-0.4, -0.2) is 3.21 Å². The van der Waals surface area contributed by atoms with Crippen molar-refractivity contribution in [3.8, 4) is 11.1 Å². The number of allylic oxidation sites excluding steroid dienone is 4. The topological polar surface area (TPSA) is 0 Å². The monoisotopic (exact) mass is 888 g/mol. The van der Waals surface area contributed by atoms with E-state index in [0.717, 1.165) is 33.9 Å². The van der Waals surface area contributed by atoms with E-state index in [1.165, 1.54) is 66.5 Å². The minimum absolute atomic E-state index is 0. The summed E-state index contributed by atoms with van der Waals surface area (Å²) >= 11 is -3.55. The number of hydrogen-bond donors (Lipinski definition) is 0. The summed E-state index contributed by atoms with van der Waals surface area (Å²) in [6, 6.07) is 24.1. The fourth-order valence-electron chi connectivity index (χ4n) is 7.79. The first kappa shape index (κ1) is 46.0. The average Bonchev–Trinajstić information content (AvgIpc) is 3.65. The van der Waals surface area contributed by atoms with Gasteiger partial charge < -0.3 is 24.8 Å². The van der Waals surface area contributed by atoms with Gasteiger partial charge in [0.2, 0.25) is 0 Å². The molecule has 1 atom stereocenters. The zero-order valence-corrected chi connectivity index (χ0v) is 37.6.